The first-order chi connectivity index (χ1) is 16.6. The number of rotatable bonds is 9. The molecule has 34 heavy (non-hydrogen) atoms. The van der Waals surface area contributed by atoms with Gasteiger partial charge in [-0.1, -0.05) is 60.2 Å². The van der Waals surface area contributed by atoms with Gasteiger partial charge in [-0.3, -0.25) is 4.79 Å². The summed E-state index contributed by atoms with van der Waals surface area (Å²) in [6.45, 7) is 4.72. The van der Waals surface area contributed by atoms with E-state index in [-0.39, 0.29) is 12.5 Å². The van der Waals surface area contributed by atoms with Crippen LogP contribution in [-0.4, -0.2) is 48.3 Å². The zero-order valence-electron chi connectivity index (χ0n) is 19.8. The van der Waals surface area contributed by atoms with Crippen LogP contribution in [0.2, 0.25) is 0 Å². The van der Waals surface area contributed by atoms with Gasteiger partial charge >= 0.3 is 0 Å². The fourth-order valence-electron chi connectivity index (χ4n) is 4.47. The number of likely N-dealkylation sites (tertiary alicyclic amines) is 1. The van der Waals surface area contributed by atoms with Crippen LogP contribution in [0.4, 0.5) is 5.69 Å². The van der Waals surface area contributed by atoms with E-state index < -0.39 is 6.10 Å². The SMILES string of the molecule is Cc1ccc(NC(=O)c2ccccc2OCC(O)CN2CCC(Cc3ccccc3)CC2)cc1. The first-order valence-electron chi connectivity index (χ1n) is 12.1. The van der Waals surface area contributed by atoms with Crippen LogP contribution in [0, 0.1) is 12.8 Å². The van der Waals surface area contributed by atoms with Crippen LogP contribution in [0.15, 0.2) is 78.9 Å². The molecule has 2 N–H and O–H groups in total. The monoisotopic (exact) mass is 458 g/mol. The Kier molecular flexibility index (Phi) is 8.34. The Morgan fingerprint density at radius 2 is 1.68 bits per heavy atom. The Bertz CT molecular complexity index is 1040. The van der Waals surface area contributed by atoms with E-state index in [1.165, 1.54) is 5.56 Å². The minimum absolute atomic E-state index is 0.152. The predicted molar refractivity (Wildman–Crippen MR) is 136 cm³/mol. The highest BCUT2D eigenvalue weighted by Crippen LogP contribution is 2.23. The lowest BCUT2D eigenvalue weighted by atomic mass is 9.90. The summed E-state index contributed by atoms with van der Waals surface area (Å²) < 4.78 is 5.88. The molecular weight excluding hydrogens is 424 g/mol. The minimum Gasteiger partial charge on any atom is -0.490 e. The summed E-state index contributed by atoms with van der Waals surface area (Å²) >= 11 is 0. The van der Waals surface area contributed by atoms with Crippen LogP contribution in [0.1, 0.15) is 34.3 Å². The fourth-order valence-corrected chi connectivity index (χ4v) is 4.47. The molecule has 1 fully saturated rings. The highest BCUT2D eigenvalue weighted by molar-refractivity contribution is 6.06. The normalized spacial score (nSPS) is 15.6. The number of aliphatic hydroxyl groups is 1. The Hall–Kier alpha value is -3.15. The van der Waals surface area contributed by atoms with Crippen molar-refractivity contribution in [3.63, 3.8) is 0 Å². The summed E-state index contributed by atoms with van der Waals surface area (Å²) in [6, 6.07) is 25.5. The van der Waals surface area contributed by atoms with E-state index in [9.17, 15) is 9.90 Å². The largest absolute Gasteiger partial charge is 0.490 e. The van der Waals surface area contributed by atoms with E-state index in [0.717, 1.165) is 43.6 Å². The number of carbonyl (C=O) groups is 1. The zero-order chi connectivity index (χ0) is 23.8. The number of aliphatic hydroxyl groups excluding tert-OH is 1. The first-order valence-corrected chi connectivity index (χ1v) is 12.1. The van der Waals surface area contributed by atoms with Crippen molar-refractivity contribution in [1.82, 2.24) is 4.90 Å². The molecule has 0 bridgehead atoms. The number of carbonyl (C=O) groups excluding carboxylic acids is 1. The molecule has 0 spiro atoms. The van der Waals surface area contributed by atoms with Gasteiger partial charge < -0.3 is 20.1 Å². The van der Waals surface area contributed by atoms with Crippen LogP contribution >= 0.6 is 0 Å². The molecule has 1 atom stereocenters. The summed E-state index contributed by atoms with van der Waals surface area (Å²) in [5, 5.41) is 13.5. The summed E-state index contributed by atoms with van der Waals surface area (Å²) in [5.41, 5.74) is 3.73. The summed E-state index contributed by atoms with van der Waals surface area (Å²) in [6.07, 6.45) is 2.80. The molecule has 1 amide bonds. The van der Waals surface area contributed by atoms with Crippen molar-refractivity contribution in [1.29, 1.82) is 0 Å². The quantitative estimate of drug-likeness (QED) is 0.477. The summed E-state index contributed by atoms with van der Waals surface area (Å²) in [5.74, 6) is 0.952. The Balaban J connectivity index is 1.24. The number of piperidine rings is 1. The van der Waals surface area contributed by atoms with E-state index in [4.69, 9.17) is 4.74 Å². The number of amides is 1. The number of aryl methyl sites for hydroxylation is 1. The van der Waals surface area contributed by atoms with Crippen molar-refractivity contribution >= 4 is 11.6 Å². The van der Waals surface area contributed by atoms with Gasteiger partial charge in [0.05, 0.1) is 5.56 Å². The van der Waals surface area contributed by atoms with Gasteiger partial charge in [-0.15, -0.1) is 0 Å². The molecule has 1 aliphatic rings. The molecule has 4 rings (SSSR count). The maximum absolute atomic E-state index is 12.8. The van der Waals surface area contributed by atoms with E-state index in [2.05, 4.69) is 40.5 Å². The number of nitrogens with one attached hydrogen (secondary N) is 1. The van der Waals surface area contributed by atoms with E-state index >= 15 is 0 Å². The van der Waals surface area contributed by atoms with Gasteiger partial charge in [-0.25, -0.2) is 0 Å². The highest BCUT2D eigenvalue weighted by Gasteiger charge is 2.22. The Morgan fingerprint density at radius 3 is 2.41 bits per heavy atom. The highest BCUT2D eigenvalue weighted by atomic mass is 16.5. The molecule has 1 unspecified atom stereocenters. The number of nitrogens with zero attached hydrogens (tertiary/aromatic N) is 1. The van der Waals surface area contributed by atoms with Gasteiger partial charge in [-0.2, -0.15) is 0 Å². The number of hydrogen-bond donors (Lipinski definition) is 2. The zero-order valence-corrected chi connectivity index (χ0v) is 19.8. The van der Waals surface area contributed by atoms with Crippen LogP contribution < -0.4 is 10.1 Å². The second kappa shape index (κ2) is 11.8. The maximum atomic E-state index is 12.8. The number of ether oxygens (including phenoxy) is 1. The number of para-hydroxylation sites is 1. The fraction of sp³-hybridized carbons (Fsp3) is 0.345. The lowest BCUT2D eigenvalue weighted by molar-refractivity contribution is 0.0546. The molecule has 5 nitrogen and oxygen atoms in total. The molecule has 1 saturated heterocycles. The third kappa shape index (κ3) is 6.92. The molecule has 178 valence electrons. The molecule has 0 aromatic heterocycles. The van der Waals surface area contributed by atoms with Gasteiger partial charge in [0.15, 0.2) is 0 Å². The molecular formula is C29H34N2O3. The van der Waals surface area contributed by atoms with E-state index in [1.807, 2.05) is 43.3 Å². The number of hydrogen-bond acceptors (Lipinski definition) is 4. The standard InChI is InChI=1S/C29H34N2O3/c1-22-11-13-25(14-12-22)30-29(33)27-9-5-6-10-28(27)34-21-26(32)20-31-17-15-24(16-18-31)19-23-7-3-2-4-8-23/h2-14,24,26,32H,15-21H2,1H3,(H,30,33). The molecule has 0 aliphatic carbocycles. The van der Waals surface area contributed by atoms with E-state index in [1.54, 1.807) is 12.1 Å². The second-order valence-corrected chi connectivity index (χ2v) is 9.21. The van der Waals surface area contributed by atoms with Crippen molar-refractivity contribution in [3.8, 4) is 5.75 Å². The predicted octanol–water partition coefficient (Wildman–Crippen LogP) is 4.94. The molecule has 3 aromatic rings. The topological polar surface area (TPSA) is 61.8 Å². The Morgan fingerprint density at radius 1 is 1.00 bits per heavy atom. The van der Waals surface area contributed by atoms with Crippen molar-refractivity contribution in [2.24, 2.45) is 5.92 Å². The first kappa shape index (κ1) is 24.0. The van der Waals surface area contributed by atoms with Crippen molar-refractivity contribution in [3.05, 3.63) is 95.6 Å². The number of β-amino-alcohol motifs (C(OH)–C–C–N with tert-alkyl or cyclic N) is 1. The summed E-state index contributed by atoms with van der Waals surface area (Å²) in [7, 11) is 0. The van der Waals surface area contributed by atoms with Crippen LogP contribution in [0.25, 0.3) is 0 Å². The third-order valence-electron chi connectivity index (χ3n) is 6.42. The number of anilines is 1. The smallest absolute Gasteiger partial charge is 0.259 e. The van der Waals surface area contributed by atoms with Gasteiger partial charge in [0, 0.05) is 12.2 Å². The molecule has 3 aromatic carbocycles. The Labute approximate surface area is 202 Å². The molecule has 1 aliphatic heterocycles. The van der Waals surface area contributed by atoms with E-state index in [0.29, 0.717) is 23.8 Å². The average Bonchev–Trinajstić information content (AvgIpc) is 2.86. The van der Waals surface area contributed by atoms with Crippen LogP contribution in [-0.2, 0) is 6.42 Å². The average molecular weight is 459 g/mol. The minimum atomic E-state index is -0.612. The van der Waals surface area contributed by atoms with Crippen molar-refractivity contribution in [2.45, 2.75) is 32.3 Å². The molecule has 0 radical (unpaired) electrons. The van der Waals surface area contributed by atoms with Crippen LogP contribution in [0.5, 0.6) is 5.75 Å². The van der Waals surface area contributed by atoms with Gasteiger partial charge in [-0.05, 0) is 75.0 Å². The van der Waals surface area contributed by atoms with Gasteiger partial charge in [0.25, 0.3) is 5.91 Å². The lowest BCUT2D eigenvalue weighted by Crippen LogP contribution is -2.41. The van der Waals surface area contributed by atoms with Gasteiger partial charge in [0.2, 0.25) is 0 Å². The second-order valence-electron chi connectivity index (χ2n) is 9.21. The van der Waals surface area contributed by atoms with Crippen molar-refractivity contribution < 1.29 is 14.6 Å². The molecule has 5 heteroatoms. The number of benzene rings is 3. The van der Waals surface area contributed by atoms with Crippen LogP contribution in [0.3, 0.4) is 0 Å². The third-order valence-corrected chi connectivity index (χ3v) is 6.42. The van der Waals surface area contributed by atoms with Crippen molar-refractivity contribution in [2.75, 3.05) is 31.6 Å². The summed E-state index contributed by atoms with van der Waals surface area (Å²) in [4.78, 5) is 15.1. The van der Waals surface area contributed by atoms with Gasteiger partial charge in [0.1, 0.15) is 18.5 Å². The molecule has 1 heterocycles. The lowest BCUT2D eigenvalue weighted by Gasteiger charge is -2.33. The molecule has 0 saturated carbocycles. The maximum Gasteiger partial charge on any atom is 0.259 e.